The summed E-state index contributed by atoms with van der Waals surface area (Å²) >= 11 is 0. The fourth-order valence-electron chi connectivity index (χ4n) is 2.06. The molecular formula is C14H14N4O3. The molecule has 0 atom stereocenters. The Morgan fingerprint density at radius 3 is 2.76 bits per heavy atom. The van der Waals surface area contributed by atoms with Crippen molar-refractivity contribution in [3.05, 3.63) is 41.7 Å². The Kier molecular flexibility index (Phi) is 2.97. The molecule has 1 aliphatic rings. The third-order valence-corrected chi connectivity index (χ3v) is 3.50. The molecule has 1 fully saturated rings. The number of hydrogen-bond acceptors (Lipinski definition) is 4. The van der Waals surface area contributed by atoms with Crippen LogP contribution in [0.25, 0.3) is 5.69 Å². The van der Waals surface area contributed by atoms with E-state index in [0.717, 1.165) is 11.3 Å². The Hall–Kier alpha value is -2.70. The molecule has 0 radical (unpaired) electrons. The van der Waals surface area contributed by atoms with Gasteiger partial charge in [-0.2, -0.15) is 0 Å². The van der Waals surface area contributed by atoms with Gasteiger partial charge < -0.3 is 10.4 Å². The molecule has 2 N–H and O–H groups in total. The highest BCUT2D eigenvalue weighted by Crippen LogP contribution is 2.35. The Labute approximate surface area is 120 Å². The second-order valence-electron chi connectivity index (χ2n) is 5.23. The lowest BCUT2D eigenvalue weighted by Gasteiger charge is -2.10. The Balaban J connectivity index is 1.79. The summed E-state index contributed by atoms with van der Waals surface area (Å²) in [4.78, 5) is 23.1. The number of carboxylic acids is 1. The van der Waals surface area contributed by atoms with Gasteiger partial charge in [-0.25, -0.2) is 9.48 Å². The first-order valence-corrected chi connectivity index (χ1v) is 6.55. The van der Waals surface area contributed by atoms with Crippen LogP contribution in [0.5, 0.6) is 0 Å². The summed E-state index contributed by atoms with van der Waals surface area (Å²) in [6.07, 6.45) is 2.38. The molecule has 3 rings (SSSR count). The molecule has 0 spiro atoms. The van der Waals surface area contributed by atoms with Gasteiger partial charge in [0.15, 0.2) is 5.69 Å². The molecular weight excluding hydrogens is 272 g/mol. The van der Waals surface area contributed by atoms with E-state index in [-0.39, 0.29) is 5.69 Å². The predicted molar refractivity (Wildman–Crippen MR) is 73.2 cm³/mol. The van der Waals surface area contributed by atoms with Gasteiger partial charge in [-0.15, -0.1) is 5.10 Å². The number of aromatic nitrogens is 3. The van der Waals surface area contributed by atoms with Gasteiger partial charge in [-0.1, -0.05) is 17.3 Å². The minimum absolute atomic E-state index is 0.101. The molecule has 1 amide bonds. The minimum atomic E-state index is -1.12. The van der Waals surface area contributed by atoms with Crippen molar-refractivity contribution in [1.29, 1.82) is 0 Å². The van der Waals surface area contributed by atoms with E-state index >= 15 is 0 Å². The molecule has 0 unspecified atom stereocenters. The maximum Gasteiger partial charge on any atom is 0.329 e. The lowest BCUT2D eigenvalue weighted by Crippen LogP contribution is -2.43. The molecule has 0 bridgehead atoms. The molecule has 0 aliphatic heterocycles. The van der Waals surface area contributed by atoms with Crippen molar-refractivity contribution >= 4 is 11.9 Å². The average Bonchev–Trinajstić information content (AvgIpc) is 3.06. The highest BCUT2D eigenvalue weighted by atomic mass is 16.4. The largest absolute Gasteiger partial charge is 0.480 e. The zero-order valence-corrected chi connectivity index (χ0v) is 11.4. The van der Waals surface area contributed by atoms with Gasteiger partial charge in [-0.3, -0.25) is 4.79 Å². The third-order valence-electron chi connectivity index (χ3n) is 3.50. The van der Waals surface area contributed by atoms with E-state index in [0.29, 0.717) is 12.8 Å². The fraction of sp³-hybridized carbons (Fsp3) is 0.286. The molecule has 108 valence electrons. The predicted octanol–water partition coefficient (Wildman–Crippen LogP) is 0.923. The lowest BCUT2D eigenvalue weighted by atomic mass is 10.2. The van der Waals surface area contributed by atoms with Crippen molar-refractivity contribution in [2.45, 2.75) is 25.3 Å². The number of carboxylic acid groups (broad SMARTS) is 1. The van der Waals surface area contributed by atoms with E-state index in [2.05, 4.69) is 15.6 Å². The first-order valence-electron chi connectivity index (χ1n) is 6.55. The van der Waals surface area contributed by atoms with E-state index in [1.807, 2.05) is 31.2 Å². The minimum Gasteiger partial charge on any atom is -0.480 e. The van der Waals surface area contributed by atoms with Gasteiger partial charge >= 0.3 is 5.97 Å². The van der Waals surface area contributed by atoms with Crippen LogP contribution >= 0.6 is 0 Å². The van der Waals surface area contributed by atoms with E-state index in [9.17, 15) is 9.59 Å². The number of carbonyl (C=O) groups is 2. The Morgan fingerprint density at radius 1 is 1.38 bits per heavy atom. The van der Waals surface area contributed by atoms with Gasteiger partial charge in [0.05, 0.1) is 11.9 Å². The van der Waals surface area contributed by atoms with Crippen LogP contribution in [0.3, 0.4) is 0 Å². The number of nitrogens with one attached hydrogen (secondary N) is 1. The number of carbonyl (C=O) groups excluding carboxylic acids is 1. The second-order valence-corrected chi connectivity index (χ2v) is 5.23. The molecule has 21 heavy (non-hydrogen) atoms. The van der Waals surface area contributed by atoms with Gasteiger partial charge in [0.25, 0.3) is 5.91 Å². The van der Waals surface area contributed by atoms with E-state index in [1.54, 1.807) is 0 Å². The standard InChI is InChI=1S/C14H14N4O3/c1-9-3-2-4-10(7-9)18-8-11(16-17-18)12(19)15-14(5-6-14)13(20)21/h2-4,7-8H,5-6H2,1H3,(H,15,19)(H,20,21). The molecule has 2 aromatic rings. The zero-order valence-electron chi connectivity index (χ0n) is 11.4. The highest BCUT2D eigenvalue weighted by Gasteiger charge is 2.51. The fourth-order valence-corrected chi connectivity index (χ4v) is 2.06. The molecule has 0 saturated heterocycles. The summed E-state index contributed by atoms with van der Waals surface area (Å²) in [6.45, 7) is 1.96. The zero-order chi connectivity index (χ0) is 15.0. The maximum atomic E-state index is 12.0. The van der Waals surface area contributed by atoms with Crippen LogP contribution < -0.4 is 5.32 Å². The maximum absolute atomic E-state index is 12.0. The number of rotatable bonds is 4. The van der Waals surface area contributed by atoms with Crippen LogP contribution in [-0.4, -0.2) is 37.5 Å². The van der Waals surface area contributed by atoms with Crippen molar-refractivity contribution < 1.29 is 14.7 Å². The summed E-state index contributed by atoms with van der Waals surface area (Å²) in [5, 5.41) is 19.3. The molecule has 1 aromatic carbocycles. The third kappa shape index (κ3) is 2.49. The molecule has 1 aromatic heterocycles. The smallest absolute Gasteiger partial charge is 0.329 e. The van der Waals surface area contributed by atoms with Crippen LogP contribution in [0.2, 0.25) is 0 Å². The summed E-state index contributed by atoms with van der Waals surface area (Å²) in [7, 11) is 0. The molecule has 7 heteroatoms. The molecule has 1 saturated carbocycles. The number of hydrogen-bond donors (Lipinski definition) is 2. The van der Waals surface area contributed by atoms with Crippen molar-refractivity contribution in [2.24, 2.45) is 0 Å². The molecule has 1 aliphatic carbocycles. The van der Waals surface area contributed by atoms with Crippen molar-refractivity contribution in [3.63, 3.8) is 0 Å². The van der Waals surface area contributed by atoms with E-state index < -0.39 is 17.4 Å². The first-order chi connectivity index (χ1) is 10.00. The van der Waals surface area contributed by atoms with Crippen LogP contribution in [0.1, 0.15) is 28.9 Å². The van der Waals surface area contributed by atoms with E-state index in [4.69, 9.17) is 5.11 Å². The quantitative estimate of drug-likeness (QED) is 0.871. The Morgan fingerprint density at radius 2 is 2.14 bits per heavy atom. The Bertz CT molecular complexity index is 719. The number of aryl methyl sites for hydroxylation is 1. The normalized spacial score (nSPS) is 15.5. The van der Waals surface area contributed by atoms with Gasteiger partial charge in [-0.05, 0) is 37.5 Å². The van der Waals surface area contributed by atoms with Gasteiger partial charge in [0, 0.05) is 0 Å². The SMILES string of the molecule is Cc1cccc(-n2cc(C(=O)NC3(C(=O)O)CC3)nn2)c1. The van der Waals surface area contributed by atoms with Crippen molar-refractivity contribution in [1.82, 2.24) is 20.3 Å². The van der Waals surface area contributed by atoms with Crippen LogP contribution in [0.4, 0.5) is 0 Å². The number of benzene rings is 1. The van der Waals surface area contributed by atoms with E-state index in [1.165, 1.54) is 10.9 Å². The number of amides is 1. The van der Waals surface area contributed by atoms with Crippen LogP contribution in [0, 0.1) is 6.92 Å². The van der Waals surface area contributed by atoms with Crippen LogP contribution in [-0.2, 0) is 4.79 Å². The van der Waals surface area contributed by atoms with Crippen molar-refractivity contribution in [2.75, 3.05) is 0 Å². The second kappa shape index (κ2) is 4.69. The number of nitrogens with zero attached hydrogens (tertiary/aromatic N) is 3. The monoisotopic (exact) mass is 286 g/mol. The number of aliphatic carboxylic acids is 1. The molecule has 7 nitrogen and oxygen atoms in total. The lowest BCUT2D eigenvalue weighted by molar-refractivity contribution is -0.140. The highest BCUT2D eigenvalue weighted by molar-refractivity contribution is 5.97. The summed E-state index contributed by atoms with van der Waals surface area (Å²) in [6, 6.07) is 7.60. The van der Waals surface area contributed by atoms with Gasteiger partial charge in [0.2, 0.25) is 0 Å². The topological polar surface area (TPSA) is 97.1 Å². The van der Waals surface area contributed by atoms with Crippen molar-refractivity contribution in [3.8, 4) is 5.69 Å². The van der Waals surface area contributed by atoms with Crippen LogP contribution in [0.15, 0.2) is 30.5 Å². The summed E-state index contributed by atoms with van der Waals surface area (Å²) in [5.74, 6) is -1.53. The molecule has 1 heterocycles. The average molecular weight is 286 g/mol. The summed E-state index contributed by atoms with van der Waals surface area (Å²) < 4.78 is 1.49. The van der Waals surface area contributed by atoms with Gasteiger partial charge in [0.1, 0.15) is 5.54 Å². The summed E-state index contributed by atoms with van der Waals surface area (Å²) in [5.41, 5.74) is 0.839. The first kappa shape index (κ1) is 13.3.